The molecule has 0 unspecified atom stereocenters. The van der Waals surface area contributed by atoms with Crippen LogP contribution in [0.3, 0.4) is 0 Å². The number of ether oxygens (including phenoxy) is 1. The quantitative estimate of drug-likeness (QED) is 0.648. The highest BCUT2D eigenvalue weighted by Gasteiger charge is 2.27. The Labute approximate surface area is 107 Å². The number of hydrogen-bond acceptors (Lipinski definition) is 3. The normalized spacial score (nSPS) is 17.5. The van der Waals surface area contributed by atoms with Crippen LogP contribution in [0.15, 0.2) is 0 Å². The molecule has 0 aromatic carbocycles. The fourth-order valence-corrected chi connectivity index (χ4v) is 2.05. The molecule has 18 heavy (non-hydrogen) atoms. The van der Waals surface area contributed by atoms with Crippen molar-refractivity contribution in [2.45, 2.75) is 31.9 Å². The summed E-state index contributed by atoms with van der Waals surface area (Å²) in [6, 6.07) is 0. The lowest BCUT2D eigenvalue weighted by Crippen LogP contribution is -2.26. The van der Waals surface area contributed by atoms with Gasteiger partial charge in [-0.15, -0.1) is 0 Å². The predicted molar refractivity (Wildman–Crippen MR) is 64.7 cm³/mol. The molecule has 1 aliphatic heterocycles. The van der Waals surface area contributed by atoms with Crippen LogP contribution in [0.4, 0.5) is 13.2 Å². The van der Waals surface area contributed by atoms with Crippen LogP contribution < -0.4 is 5.32 Å². The molecular weight excluding hydrogens is 245 g/mol. The summed E-state index contributed by atoms with van der Waals surface area (Å²) < 4.78 is 39.7. The minimum Gasteiger partial charge on any atom is -0.372 e. The van der Waals surface area contributed by atoms with Gasteiger partial charge < -0.3 is 15.0 Å². The van der Waals surface area contributed by atoms with E-state index in [1.54, 1.807) is 0 Å². The van der Waals surface area contributed by atoms with Gasteiger partial charge in [-0.25, -0.2) is 0 Å². The first-order valence-corrected chi connectivity index (χ1v) is 6.65. The highest BCUT2D eigenvalue weighted by molar-refractivity contribution is 4.66. The Morgan fingerprint density at radius 2 is 1.72 bits per heavy atom. The zero-order chi connectivity index (χ0) is 13.3. The van der Waals surface area contributed by atoms with E-state index in [1.807, 2.05) is 0 Å². The Morgan fingerprint density at radius 1 is 1.06 bits per heavy atom. The van der Waals surface area contributed by atoms with E-state index in [4.69, 9.17) is 0 Å². The van der Waals surface area contributed by atoms with E-state index in [9.17, 15) is 13.2 Å². The van der Waals surface area contributed by atoms with E-state index < -0.39 is 12.8 Å². The predicted octanol–water partition coefficient (Wildman–Crippen LogP) is 2.03. The molecule has 0 radical (unpaired) electrons. The molecule has 1 rings (SSSR count). The lowest BCUT2D eigenvalue weighted by Gasteiger charge is -2.14. The number of nitrogens with one attached hydrogen (secondary N) is 1. The number of nitrogens with zero attached hydrogens (tertiary/aromatic N) is 1. The number of likely N-dealkylation sites (tertiary alicyclic amines) is 1. The van der Waals surface area contributed by atoms with Gasteiger partial charge in [0.15, 0.2) is 0 Å². The molecule has 1 saturated heterocycles. The van der Waals surface area contributed by atoms with Gasteiger partial charge in [-0.3, -0.25) is 0 Å². The molecule has 1 N–H and O–H groups in total. The summed E-state index contributed by atoms with van der Waals surface area (Å²) in [5.74, 6) is 0. The summed E-state index contributed by atoms with van der Waals surface area (Å²) in [6.45, 7) is 4.22. The van der Waals surface area contributed by atoms with E-state index in [-0.39, 0.29) is 6.61 Å². The molecule has 1 fully saturated rings. The molecular formula is C12H23F3N2O. The van der Waals surface area contributed by atoms with Crippen LogP contribution in [0.1, 0.15) is 25.7 Å². The van der Waals surface area contributed by atoms with Crippen molar-refractivity contribution >= 4 is 0 Å². The van der Waals surface area contributed by atoms with Crippen molar-refractivity contribution in [1.82, 2.24) is 10.2 Å². The average Bonchev–Trinajstić information content (AvgIpc) is 2.78. The fourth-order valence-electron chi connectivity index (χ4n) is 2.05. The third-order valence-electron chi connectivity index (χ3n) is 2.93. The average molecular weight is 268 g/mol. The van der Waals surface area contributed by atoms with E-state index in [1.165, 1.54) is 25.9 Å². The summed E-state index contributed by atoms with van der Waals surface area (Å²) in [6.07, 6.45) is 0.139. The molecule has 1 heterocycles. The molecule has 0 saturated carbocycles. The lowest BCUT2D eigenvalue weighted by molar-refractivity contribution is -0.173. The minimum atomic E-state index is -4.21. The zero-order valence-corrected chi connectivity index (χ0v) is 10.8. The topological polar surface area (TPSA) is 24.5 Å². The smallest absolute Gasteiger partial charge is 0.372 e. The lowest BCUT2D eigenvalue weighted by atomic mass is 10.3. The number of hydrogen-bond donors (Lipinski definition) is 1. The minimum absolute atomic E-state index is 0.165. The second-order valence-corrected chi connectivity index (χ2v) is 4.67. The summed E-state index contributed by atoms with van der Waals surface area (Å²) in [5.41, 5.74) is 0. The third kappa shape index (κ3) is 8.72. The van der Waals surface area contributed by atoms with Crippen molar-refractivity contribution in [3.05, 3.63) is 0 Å². The van der Waals surface area contributed by atoms with E-state index >= 15 is 0 Å². The summed E-state index contributed by atoms with van der Waals surface area (Å²) in [4.78, 5) is 2.45. The summed E-state index contributed by atoms with van der Waals surface area (Å²) in [5, 5.41) is 3.22. The number of halogens is 3. The molecule has 0 aromatic rings. The van der Waals surface area contributed by atoms with Crippen molar-refractivity contribution in [3.63, 3.8) is 0 Å². The molecule has 0 bridgehead atoms. The van der Waals surface area contributed by atoms with Crippen LogP contribution in [-0.4, -0.2) is 57.0 Å². The Bertz CT molecular complexity index is 206. The first-order valence-electron chi connectivity index (χ1n) is 6.65. The zero-order valence-electron chi connectivity index (χ0n) is 10.8. The first-order chi connectivity index (χ1) is 8.58. The fraction of sp³-hybridized carbons (Fsp3) is 1.00. The Morgan fingerprint density at radius 3 is 2.39 bits per heavy atom. The third-order valence-corrected chi connectivity index (χ3v) is 2.93. The Hall–Kier alpha value is -0.330. The molecule has 0 atom stereocenters. The highest BCUT2D eigenvalue weighted by atomic mass is 19.4. The van der Waals surface area contributed by atoms with Crippen molar-refractivity contribution < 1.29 is 17.9 Å². The second-order valence-electron chi connectivity index (χ2n) is 4.67. The van der Waals surface area contributed by atoms with Gasteiger partial charge >= 0.3 is 6.18 Å². The van der Waals surface area contributed by atoms with Crippen LogP contribution in [-0.2, 0) is 4.74 Å². The molecule has 0 spiro atoms. The van der Waals surface area contributed by atoms with Gasteiger partial charge in [-0.2, -0.15) is 13.2 Å². The maximum absolute atomic E-state index is 11.7. The molecule has 0 aliphatic carbocycles. The number of alkyl halides is 3. The van der Waals surface area contributed by atoms with Gasteiger partial charge in [0, 0.05) is 6.61 Å². The van der Waals surface area contributed by atoms with Gasteiger partial charge in [0.1, 0.15) is 6.61 Å². The van der Waals surface area contributed by atoms with Gasteiger partial charge in [0.05, 0.1) is 0 Å². The molecule has 6 heteroatoms. The molecule has 108 valence electrons. The first kappa shape index (κ1) is 15.7. The summed E-state index contributed by atoms with van der Waals surface area (Å²) >= 11 is 0. The Kier molecular flexibility index (Phi) is 7.62. The monoisotopic (exact) mass is 268 g/mol. The standard InChI is InChI=1S/C12H23F3N2O/c13-12(14,15)11-18-10-4-6-16-5-3-9-17-7-1-2-8-17/h16H,1-11H2. The Balaban J connectivity index is 1.76. The SMILES string of the molecule is FC(F)(F)COCCCNCCCN1CCCC1. The van der Waals surface area contributed by atoms with Gasteiger partial charge in [-0.1, -0.05) is 0 Å². The van der Waals surface area contributed by atoms with Gasteiger partial charge in [-0.05, 0) is 58.4 Å². The largest absolute Gasteiger partial charge is 0.411 e. The van der Waals surface area contributed by atoms with Crippen LogP contribution in [0, 0.1) is 0 Å². The van der Waals surface area contributed by atoms with Gasteiger partial charge in [0.2, 0.25) is 0 Å². The van der Waals surface area contributed by atoms with Crippen molar-refractivity contribution in [1.29, 1.82) is 0 Å². The van der Waals surface area contributed by atoms with E-state index in [2.05, 4.69) is 15.0 Å². The van der Waals surface area contributed by atoms with Crippen molar-refractivity contribution in [2.24, 2.45) is 0 Å². The molecule has 3 nitrogen and oxygen atoms in total. The van der Waals surface area contributed by atoms with Crippen molar-refractivity contribution in [2.75, 3.05) is 45.9 Å². The molecule has 0 aromatic heterocycles. The van der Waals surface area contributed by atoms with Crippen molar-refractivity contribution in [3.8, 4) is 0 Å². The number of rotatable bonds is 9. The van der Waals surface area contributed by atoms with Crippen LogP contribution >= 0.6 is 0 Å². The summed E-state index contributed by atoms with van der Waals surface area (Å²) in [7, 11) is 0. The van der Waals surface area contributed by atoms with E-state index in [0.29, 0.717) is 6.42 Å². The van der Waals surface area contributed by atoms with Gasteiger partial charge in [0.25, 0.3) is 0 Å². The van der Waals surface area contributed by atoms with Crippen LogP contribution in [0.5, 0.6) is 0 Å². The van der Waals surface area contributed by atoms with E-state index in [0.717, 1.165) is 26.1 Å². The maximum Gasteiger partial charge on any atom is 0.411 e. The van der Waals surface area contributed by atoms with Crippen LogP contribution in [0.25, 0.3) is 0 Å². The molecule has 1 aliphatic rings. The second kappa shape index (κ2) is 8.72. The highest BCUT2D eigenvalue weighted by Crippen LogP contribution is 2.14. The van der Waals surface area contributed by atoms with Crippen LogP contribution in [0.2, 0.25) is 0 Å². The molecule has 0 amide bonds. The maximum atomic E-state index is 11.7.